The summed E-state index contributed by atoms with van der Waals surface area (Å²) < 4.78 is 2.31. The number of imidazole rings is 1. The van der Waals surface area contributed by atoms with Crippen LogP contribution in [0.25, 0.3) is 16.6 Å². The molecular formula is C20H22N8O2. The first-order chi connectivity index (χ1) is 14.5. The smallest absolute Gasteiger partial charge is 0.352 e. The Morgan fingerprint density at radius 1 is 1.33 bits per heavy atom. The number of hydrogen-bond donors (Lipinski definition) is 2. The molecule has 1 amide bonds. The molecule has 0 radical (unpaired) electrons. The molecule has 4 heterocycles. The molecule has 1 aliphatic heterocycles. The maximum Gasteiger partial charge on any atom is 0.352 e. The van der Waals surface area contributed by atoms with Gasteiger partial charge in [-0.3, -0.25) is 9.69 Å². The second-order valence-corrected chi connectivity index (χ2v) is 7.70. The van der Waals surface area contributed by atoms with E-state index < -0.39 is 5.69 Å². The molecule has 0 saturated carbocycles. The van der Waals surface area contributed by atoms with Crippen molar-refractivity contribution in [2.75, 3.05) is 19.6 Å². The average molecular weight is 406 g/mol. The Morgan fingerprint density at radius 2 is 2.20 bits per heavy atom. The third kappa shape index (κ3) is 3.05. The number of aryl methyl sites for hydroxylation is 2. The molecule has 0 unspecified atom stereocenters. The third-order valence-electron chi connectivity index (χ3n) is 5.64. The van der Waals surface area contributed by atoms with Gasteiger partial charge in [-0.25, -0.2) is 14.2 Å². The van der Waals surface area contributed by atoms with Gasteiger partial charge in [-0.2, -0.15) is 4.68 Å². The summed E-state index contributed by atoms with van der Waals surface area (Å²) in [5, 5.41) is 11.8. The highest BCUT2D eigenvalue weighted by Gasteiger charge is 2.21. The first-order valence-electron chi connectivity index (χ1n) is 9.89. The number of H-pyrrole nitrogens is 1. The van der Waals surface area contributed by atoms with Crippen LogP contribution >= 0.6 is 0 Å². The zero-order valence-electron chi connectivity index (χ0n) is 16.8. The predicted octanol–water partition coefficient (Wildman–Crippen LogP) is 0.401. The molecular weight excluding hydrogens is 384 g/mol. The maximum absolute atomic E-state index is 12.5. The zero-order valence-corrected chi connectivity index (χ0v) is 16.8. The van der Waals surface area contributed by atoms with Crippen LogP contribution in [0.1, 0.15) is 27.3 Å². The van der Waals surface area contributed by atoms with Crippen LogP contribution in [-0.4, -0.2) is 59.8 Å². The fraction of sp³-hybridized carbons (Fsp3) is 0.350. The molecule has 5 rings (SSSR count). The van der Waals surface area contributed by atoms with Crippen molar-refractivity contribution in [3.05, 3.63) is 57.5 Å². The largest absolute Gasteiger partial charge is 0.358 e. The van der Waals surface area contributed by atoms with Crippen LogP contribution in [0.5, 0.6) is 0 Å². The molecule has 0 saturated heterocycles. The summed E-state index contributed by atoms with van der Waals surface area (Å²) in [5.41, 5.74) is 4.95. The number of carbonyl (C=O) groups is 1. The molecule has 2 N–H and O–H groups in total. The van der Waals surface area contributed by atoms with Crippen molar-refractivity contribution in [3.63, 3.8) is 0 Å². The van der Waals surface area contributed by atoms with Crippen LogP contribution in [-0.2, 0) is 20.0 Å². The van der Waals surface area contributed by atoms with Crippen molar-refractivity contribution in [2.45, 2.75) is 19.9 Å². The SMILES string of the molecule is Cc1ccc2[nH]c3c(c2c1)CN(CCNC(=O)c1ncn2c(=O)n(C)nnc12)CC3. The van der Waals surface area contributed by atoms with Gasteiger partial charge < -0.3 is 10.3 Å². The van der Waals surface area contributed by atoms with Gasteiger partial charge in [-0.05, 0) is 24.6 Å². The van der Waals surface area contributed by atoms with Crippen molar-refractivity contribution in [3.8, 4) is 0 Å². The minimum atomic E-state index is -0.398. The number of nitrogens with zero attached hydrogens (tertiary/aromatic N) is 6. The van der Waals surface area contributed by atoms with Crippen LogP contribution in [0.2, 0.25) is 0 Å². The lowest BCUT2D eigenvalue weighted by atomic mass is 10.0. The van der Waals surface area contributed by atoms with E-state index in [1.807, 2.05) is 0 Å². The van der Waals surface area contributed by atoms with E-state index in [4.69, 9.17) is 0 Å². The fourth-order valence-corrected chi connectivity index (χ4v) is 4.03. The van der Waals surface area contributed by atoms with Gasteiger partial charge in [0.2, 0.25) is 0 Å². The summed E-state index contributed by atoms with van der Waals surface area (Å²) in [6, 6.07) is 6.49. The van der Waals surface area contributed by atoms with E-state index in [9.17, 15) is 9.59 Å². The van der Waals surface area contributed by atoms with Crippen LogP contribution in [0, 0.1) is 6.92 Å². The van der Waals surface area contributed by atoms with Crippen LogP contribution in [0.3, 0.4) is 0 Å². The Hall–Kier alpha value is -3.53. The Bertz CT molecular complexity index is 1330. The molecule has 1 aliphatic rings. The molecule has 154 valence electrons. The third-order valence-corrected chi connectivity index (χ3v) is 5.64. The molecule has 10 nitrogen and oxygen atoms in total. The lowest BCUT2D eigenvalue weighted by Crippen LogP contribution is -2.38. The number of hydrogen-bond acceptors (Lipinski definition) is 6. The van der Waals surface area contributed by atoms with Crippen LogP contribution in [0.15, 0.2) is 29.3 Å². The van der Waals surface area contributed by atoms with Gasteiger partial charge in [0.05, 0.1) is 0 Å². The average Bonchev–Trinajstić information content (AvgIpc) is 3.32. The van der Waals surface area contributed by atoms with Crippen molar-refractivity contribution in [2.24, 2.45) is 7.05 Å². The molecule has 0 fully saturated rings. The molecule has 0 aliphatic carbocycles. The van der Waals surface area contributed by atoms with Gasteiger partial charge in [0.15, 0.2) is 11.3 Å². The summed E-state index contributed by atoms with van der Waals surface area (Å²) in [6.45, 7) is 5.09. The van der Waals surface area contributed by atoms with E-state index in [-0.39, 0.29) is 17.2 Å². The number of aromatic nitrogens is 6. The first-order valence-corrected chi connectivity index (χ1v) is 9.89. The van der Waals surface area contributed by atoms with Crippen molar-refractivity contribution < 1.29 is 4.79 Å². The van der Waals surface area contributed by atoms with Gasteiger partial charge in [-0.1, -0.05) is 16.8 Å². The minimum Gasteiger partial charge on any atom is -0.358 e. The van der Waals surface area contributed by atoms with Gasteiger partial charge in [0.1, 0.15) is 6.33 Å². The Labute approximate surface area is 171 Å². The number of aromatic amines is 1. The number of benzene rings is 1. The molecule has 0 spiro atoms. The van der Waals surface area contributed by atoms with E-state index >= 15 is 0 Å². The van der Waals surface area contributed by atoms with Crippen LogP contribution in [0.4, 0.5) is 0 Å². The monoisotopic (exact) mass is 406 g/mol. The zero-order chi connectivity index (χ0) is 20.8. The Morgan fingerprint density at radius 3 is 3.07 bits per heavy atom. The van der Waals surface area contributed by atoms with Gasteiger partial charge in [-0.15, -0.1) is 5.10 Å². The second-order valence-electron chi connectivity index (χ2n) is 7.70. The fourth-order valence-electron chi connectivity index (χ4n) is 4.03. The molecule has 4 aromatic rings. The Kier molecular flexibility index (Phi) is 4.35. The standard InChI is InChI=1S/C20H22N8O2/c1-12-3-4-15-13(9-12)14-10-27(7-5-16(14)23-15)8-6-21-19(29)17-18-24-25-26(2)20(30)28(18)11-22-17/h3-4,9,11,23H,5-8,10H2,1-2H3,(H,21,29). The highest BCUT2D eigenvalue weighted by atomic mass is 16.2. The van der Waals surface area contributed by atoms with Crippen molar-refractivity contribution in [1.29, 1.82) is 0 Å². The van der Waals surface area contributed by atoms with Crippen molar-refractivity contribution in [1.82, 2.24) is 39.6 Å². The summed E-state index contributed by atoms with van der Waals surface area (Å²) in [5.74, 6) is -0.361. The van der Waals surface area contributed by atoms with E-state index in [2.05, 4.69) is 55.6 Å². The van der Waals surface area contributed by atoms with Gasteiger partial charge in [0.25, 0.3) is 5.91 Å². The van der Waals surface area contributed by atoms with E-state index in [0.29, 0.717) is 6.54 Å². The van der Waals surface area contributed by atoms with Gasteiger partial charge in [0, 0.05) is 56.2 Å². The molecule has 0 atom stereocenters. The lowest BCUT2D eigenvalue weighted by Gasteiger charge is -2.27. The molecule has 10 heteroatoms. The highest BCUT2D eigenvalue weighted by Crippen LogP contribution is 2.28. The number of fused-ring (bicyclic) bond motifs is 4. The van der Waals surface area contributed by atoms with Crippen molar-refractivity contribution >= 4 is 22.5 Å². The van der Waals surface area contributed by atoms with E-state index in [1.165, 1.54) is 45.5 Å². The molecule has 3 aromatic heterocycles. The summed E-state index contributed by atoms with van der Waals surface area (Å²) in [6.07, 6.45) is 2.26. The molecule has 1 aromatic carbocycles. The Balaban J connectivity index is 1.25. The summed E-state index contributed by atoms with van der Waals surface area (Å²) >= 11 is 0. The molecule has 0 bridgehead atoms. The van der Waals surface area contributed by atoms with E-state index in [1.54, 1.807) is 0 Å². The maximum atomic E-state index is 12.5. The van der Waals surface area contributed by atoms with Crippen LogP contribution < -0.4 is 11.0 Å². The summed E-state index contributed by atoms with van der Waals surface area (Å²) in [7, 11) is 1.49. The minimum absolute atomic E-state index is 0.105. The lowest BCUT2D eigenvalue weighted by molar-refractivity contribution is 0.0944. The number of rotatable bonds is 4. The number of carbonyl (C=O) groups excluding carboxylic acids is 1. The first kappa shape index (κ1) is 18.5. The quantitative estimate of drug-likeness (QED) is 0.507. The second kappa shape index (κ2) is 7.06. The van der Waals surface area contributed by atoms with E-state index in [0.717, 1.165) is 30.7 Å². The summed E-state index contributed by atoms with van der Waals surface area (Å²) in [4.78, 5) is 34.5. The number of amides is 1. The predicted molar refractivity (Wildman–Crippen MR) is 110 cm³/mol. The molecule has 30 heavy (non-hydrogen) atoms. The topological polar surface area (TPSA) is 113 Å². The number of nitrogens with one attached hydrogen (secondary N) is 2. The highest BCUT2D eigenvalue weighted by molar-refractivity contribution is 5.97. The normalized spacial score (nSPS) is 14.3. The van der Waals surface area contributed by atoms with Gasteiger partial charge >= 0.3 is 5.69 Å².